The van der Waals surface area contributed by atoms with Gasteiger partial charge in [0, 0.05) is 44.4 Å². The predicted octanol–water partition coefficient (Wildman–Crippen LogP) is 1.05. The fourth-order valence-electron chi connectivity index (χ4n) is 1.74. The molecular weight excluding hydrogens is 230 g/mol. The van der Waals surface area contributed by atoms with Crippen LogP contribution in [0.2, 0.25) is 0 Å². The summed E-state index contributed by atoms with van der Waals surface area (Å²) in [6.45, 7) is 5.90. The van der Waals surface area contributed by atoms with E-state index in [0.717, 1.165) is 31.8 Å². The van der Waals surface area contributed by atoms with Crippen molar-refractivity contribution in [1.29, 1.82) is 0 Å². The summed E-state index contributed by atoms with van der Waals surface area (Å²) in [4.78, 5) is 8.29. The molecular formula is C12H19N5O. The average Bonchev–Trinajstić information content (AvgIpc) is 3.00. The van der Waals surface area contributed by atoms with Gasteiger partial charge in [-0.25, -0.2) is 4.98 Å². The fraction of sp³-hybridized carbons (Fsp3) is 0.583. The van der Waals surface area contributed by atoms with Crippen molar-refractivity contribution in [1.82, 2.24) is 25.0 Å². The molecule has 0 saturated heterocycles. The van der Waals surface area contributed by atoms with Crippen LogP contribution in [0.3, 0.4) is 0 Å². The number of hydrogen-bond donors (Lipinski definition) is 1. The Balaban J connectivity index is 1.68. The third-order valence-corrected chi connectivity index (χ3v) is 2.70. The largest absolute Gasteiger partial charge is 0.339 e. The first-order valence-corrected chi connectivity index (χ1v) is 6.28. The highest BCUT2D eigenvalue weighted by atomic mass is 16.5. The van der Waals surface area contributed by atoms with E-state index in [1.807, 2.05) is 19.4 Å². The summed E-state index contributed by atoms with van der Waals surface area (Å²) in [6.07, 6.45) is 7.15. The summed E-state index contributed by atoms with van der Waals surface area (Å²) in [7, 11) is 0. The first-order valence-electron chi connectivity index (χ1n) is 6.28. The molecule has 0 bridgehead atoms. The standard InChI is InChI=1S/C12H19N5O/c1-3-11-15-12(18-16-11)4-5-14-10(2)8-17-7-6-13-9-17/h6-7,9-10,14H,3-5,8H2,1-2H3. The summed E-state index contributed by atoms with van der Waals surface area (Å²) in [5.41, 5.74) is 0. The minimum Gasteiger partial charge on any atom is -0.339 e. The molecule has 0 saturated carbocycles. The Morgan fingerprint density at radius 3 is 3.06 bits per heavy atom. The fourth-order valence-corrected chi connectivity index (χ4v) is 1.74. The highest BCUT2D eigenvalue weighted by Crippen LogP contribution is 1.99. The van der Waals surface area contributed by atoms with Gasteiger partial charge in [0.1, 0.15) is 0 Å². The monoisotopic (exact) mass is 249 g/mol. The van der Waals surface area contributed by atoms with E-state index in [9.17, 15) is 0 Å². The highest BCUT2D eigenvalue weighted by molar-refractivity contribution is 4.86. The van der Waals surface area contributed by atoms with E-state index >= 15 is 0 Å². The Labute approximate surface area is 106 Å². The van der Waals surface area contributed by atoms with Crippen molar-refractivity contribution in [3.8, 4) is 0 Å². The molecule has 0 aliphatic rings. The van der Waals surface area contributed by atoms with Gasteiger partial charge in [0.05, 0.1) is 6.33 Å². The first kappa shape index (κ1) is 12.8. The van der Waals surface area contributed by atoms with E-state index < -0.39 is 0 Å². The third-order valence-electron chi connectivity index (χ3n) is 2.70. The predicted molar refractivity (Wildman–Crippen MR) is 67.1 cm³/mol. The highest BCUT2D eigenvalue weighted by Gasteiger charge is 2.06. The van der Waals surface area contributed by atoms with E-state index in [4.69, 9.17) is 4.52 Å². The lowest BCUT2D eigenvalue weighted by Crippen LogP contribution is -2.31. The molecule has 0 aliphatic carbocycles. The molecule has 2 heterocycles. The molecule has 6 nitrogen and oxygen atoms in total. The molecule has 1 unspecified atom stereocenters. The molecule has 6 heteroatoms. The van der Waals surface area contributed by atoms with Gasteiger partial charge in [0.2, 0.25) is 5.89 Å². The van der Waals surface area contributed by atoms with Crippen LogP contribution in [0.15, 0.2) is 23.2 Å². The second-order valence-electron chi connectivity index (χ2n) is 4.32. The van der Waals surface area contributed by atoms with Crippen LogP contribution in [0.1, 0.15) is 25.6 Å². The van der Waals surface area contributed by atoms with Crippen LogP contribution in [0, 0.1) is 0 Å². The van der Waals surface area contributed by atoms with Gasteiger partial charge in [-0.1, -0.05) is 12.1 Å². The Morgan fingerprint density at radius 1 is 1.50 bits per heavy atom. The van der Waals surface area contributed by atoms with Crippen LogP contribution in [-0.4, -0.2) is 32.3 Å². The normalized spacial score (nSPS) is 12.8. The Morgan fingerprint density at radius 2 is 2.39 bits per heavy atom. The second-order valence-corrected chi connectivity index (χ2v) is 4.32. The lowest BCUT2D eigenvalue weighted by atomic mass is 10.3. The van der Waals surface area contributed by atoms with Crippen molar-refractivity contribution in [3.63, 3.8) is 0 Å². The van der Waals surface area contributed by atoms with Crippen molar-refractivity contribution in [2.75, 3.05) is 6.54 Å². The minimum atomic E-state index is 0.382. The van der Waals surface area contributed by atoms with Crippen molar-refractivity contribution < 1.29 is 4.52 Å². The number of rotatable bonds is 7. The van der Waals surface area contributed by atoms with E-state index in [2.05, 4.69) is 31.9 Å². The van der Waals surface area contributed by atoms with Crippen molar-refractivity contribution in [2.24, 2.45) is 0 Å². The SMILES string of the molecule is CCc1noc(CCNC(C)Cn2ccnc2)n1. The summed E-state index contributed by atoms with van der Waals surface area (Å²) >= 11 is 0. The molecule has 1 N–H and O–H groups in total. The first-order chi connectivity index (χ1) is 8.78. The molecule has 0 aromatic carbocycles. The molecule has 0 aliphatic heterocycles. The van der Waals surface area contributed by atoms with E-state index in [-0.39, 0.29) is 0 Å². The topological polar surface area (TPSA) is 68.8 Å². The van der Waals surface area contributed by atoms with Gasteiger partial charge < -0.3 is 14.4 Å². The maximum atomic E-state index is 5.13. The third kappa shape index (κ3) is 3.66. The van der Waals surface area contributed by atoms with E-state index in [0.29, 0.717) is 11.9 Å². The number of imidazole rings is 1. The molecule has 2 rings (SSSR count). The van der Waals surface area contributed by atoms with Crippen molar-refractivity contribution in [2.45, 2.75) is 39.3 Å². The van der Waals surface area contributed by atoms with Gasteiger partial charge in [-0.3, -0.25) is 0 Å². The van der Waals surface area contributed by atoms with Crippen LogP contribution in [0.4, 0.5) is 0 Å². The lowest BCUT2D eigenvalue weighted by Gasteiger charge is -2.13. The molecule has 0 amide bonds. The molecule has 0 fully saturated rings. The average molecular weight is 249 g/mol. The Hall–Kier alpha value is -1.69. The van der Waals surface area contributed by atoms with Gasteiger partial charge in [-0.2, -0.15) is 4.98 Å². The maximum Gasteiger partial charge on any atom is 0.227 e. The zero-order valence-corrected chi connectivity index (χ0v) is 10.8. The number of aromatic nitrogens is 4. The zero-order valence-electron chi connectivity index (χ0n) is 10.8. The van der Waals surface area contributed by atoms with Crippen LogP contribution in [0.25, 0.3) is 0 Å². The van der Waals surface area contributed by atoms with E-state index in [1.165, 1.54) is 0 Å². The molecule has 18 heavy (non-hydrogen) atoms. The van der Waals surface area contributed by atoms with E-state index in [1.54, 1.807) is 6.20 Å². The van der Waals surface area contributed by atoms with Gasteiger partial charge in [-0.05, 0) is 6.92 Å². The number of nitrogens with one attached hydrogen (secondary N) is 1. The van der Waals surface area contributed by atoms with Crippen molar-refractivity contribution >= 4 is 0 Å². The van der Waals surface area contributed by atoms with Crippen LogP contribution in [-0.2, 0) is 19.4 Å². The number of nitrogens with zero attached hydrogens (tertiary/aromatic N) is 4. The quantitative estimate of drug-likeness (QED) is 0.794. The van der Waals surface area contributed by atoms with Gasteiger partial charge in [-0.15, -0.1) is 0 Å². The van der Waals surface area contributed by atoms with Crippen LogP contribution >= 0.6 is 0 Å². The number of aryl methyl sites for hydroxylation is 1. The Bertz CT molecular complexity index is 451. The molecule has 0 radical (unpaired) electrons. The smallest absolute Gasteiger partial charge is 0.227 e. The molecule has 98 valence electrons. The lowest BCUT2D eigenvalue weighted by molar-refractivity contribution is 0.366. The van der Waals surface area contributed by atoms with Gasteiger partial charge in [0.15, 0.2) is 5.82 Å². The Kier molecular flexibility index (Phi) is 4.46. The summed E-state index contributed by atoms with van der Waals surface area (Å²) in [5.74, 6) is 1.48. The minimum absolute atomic E-state index is 0.382. The second kappa shape index (κ2) is 6.30. The van der Waals surface area contributed by atoms with Gasteiger partial charge in [0.25, 0.3) is 0 Å². The molecule has 2 aromatic heterocycles. The molecule has 1 atom stereocenters. The van der Waals surface area contributed by atoms with Crippen LogP contribution in [0.5, 0.6) is 0 Å². The summed E-state index contributed by atoms with van der Waals surface area (Å²) < 4.78 is 7.18. The van der Waals surface area contributed by atoms with Gasteiger partial charge >= 0.3 is 0 Å². The molecule has 2 aromatic rings. The summed E-state index contributed by atoms with van der Waals surface area (Å²) in [6, 6.07) is 0.382. The molecule has 0 spiro atoms. The van der Waals surface area contributed by atoms with Crippen LogP contribution < -0.4 is 5.32 Å². The zero-order chi connectivity index (χ0) is 12.8. The van der Waals surface area contributed by atoms with Crippen molar-refractivity contribution in [3.05, 3.63) is 30.4 Å². The number of hydrogen-bond acceptors (Lipinski definition) is 5. The maximum absolute atomic E-state index is 5.13. The summed E-state index contributed by atoms with van der Waals surface area (Å²) in [5, 5.41) is 7.29.